The van der Waals surface area contributed by atoms with Crippen molar-refractivity contribution in [2.45, 2.75) is 38.5 Å². The molecule has 0 N–H and O–H groups in total. The van der Waals surface area contributed by atoms with Gasteiger partial charge in [-0.15, -0.1) is 11.3 Å². The van der Waals surface area contributed by atoms with Gasteiger partial charge in [-0.1, -0.05) is 94.4 Å². The topological polar surface area (TPSA) is 4.93 Å². The highest BCUT2D eigenvalue weighted by Crippen LogP contribution is 2.57. The second kappa shape index (κ2) is 7.36. The SMILES string of the molecule is CC1(C)c2cc(-n3c4ccccc4c4ccccc43)ccc2-c2c(ccc3sc4ccccc4c23)C1(C)C. The molecule has 0 bridgehead atoms. The molecule has 8 rings (SSSR count). The molecule has 0 unspecified atom stereocenters. The molecule has 0 aliphatic heterocycles. The average Bonchev–Trinajstić information content (AvgIpc) is 3.47. The summed E-state index contributed by atoms with van der Waals surface area (Å²) in [6.07, 6.45) is 0. The predicted octanol–water partition coefficient (Wildman–Crippen LogP) is 10.4. The lowest BCUT2D eigenvalue weighted by atomic mass is 9.55. The van der Waals surface area contributed by atoms with Crippen molar-refractivity contribution in [3.05, 3.63) is 114 Å². The van der Waals surface area contributed by atoms with Crippen LogP contribution in [0.15, 0.2) is 103 Å². The van der Waals surface area contributed by atoms with E-state index in [1.165, 1.54) is 69.9 Å². The number of fused-ring (bicyclic) bond motifs is 10. The van der Waals surface area contributed by atoms with Crippen molar-refractivity contribution < 1.29 is 0 Å². The summed E-state index contributed by atoms with van der Waals surface area (Å²) in [7, 11) is 0. The summed E-state index contributed by atoms with van der Waals surface area (Å²) in [5.41, 5.74) is 9.34. The van der Waals surface area contributed by atoms with Gasteiger partial charge in [0.25, 0.3) is 0 Å². The Balaban J connectivity index is 1.49. The van der Waals surface area contributed by atoms with E-state index in [4.69, 9.17) is 0 Å². The van der Waals surface area contributed by atoms with Crippen LogP contribution < -0.4 is 0 Å². The predicted molar refractivity (Wildman–Crippen MR) is 165 cm³/mol. The standard InChI is InChI=1S/C36H29NS/c1-35(2)27-19-20-32-34(26-13-7-10-16-31(26)38-32)33(27)25-18-17-22(21-28(25)36(35,3)4)37-29-14-8-5-11-23(29)24-12-6-9-15-30(24)37/h5-21H,1-4H3. The minimum Gasteiger partial charge on any atom is -0.309 e. The molecule has 7 aromatic rings. The van der Waals surface area contributed by atoms with Crippen LogP contribution in [0.3, 0.4) is 0 Å². The fraction of sp³-hybridized carbons (Fsp3) is 0.167. The van der Waals surface area contributed by atoms with Crippen molar-refractivity contribution in [2.75, 3.05) is 0 Å². The zero-order chi connectivity index (χ0) is 25.8. The first-order valence-corrected chi connectivity index (χ1v) is 14.3. The molecule has 1 aliphatic rings. The molecule has 0 amide bonds. The van der Waals surface area contributed by atoms with Crippen LogP contribution in [-0.2, 0) is 10.8 Å². The van der Waals surface area contributed by atoms with Gasteiger partial charge in [-0.05, 0) is 69.5 Å². The van der Waals surface area contributed by atoms with Crippen LogP contribution in [0, 0.1) is 0 Å². The second-order valence-corrected chi connectivity index (χ2v) is 12.9. The highest BCUT2D eigenvalue weighted by Gasteiger charge is 2.46. The molecular formula is C36H29NS. The second-order valence-electron chi connectivity index (χ2n) is 11.8. The number of para-hydroxylation sites is 2. The van der Waals surface area contributed by atoms with Crippen LogP contribution in [0.25, 0.3) is 58.8 Å². The lowest BCUT2D eigenvalue weighted by Crippen LogP contribution is -2.43. The largest absolute Gasteiger partial charge is 0.309 e. The third-order valence-electron chi connectivity index (χ3n) is 9.56. The van der Waals surface area contributed by atoms with Gasteiger partial charge < -0.3 is 4.57 Å². The van der Waals surface area contributed by atoms with Gasteiger partial charge in [0.05, 0.1) is 11.0 Å². The van der Waals surface area contributed by atoms with Gasteiger partial charge in [0, 0.05) is 36.6 Å². The molecule has 0 atom stereocenters. The number of nitrogens with zero attached hydrogens (tertiary/aromatic N) is 1. The Labute approximate surface area is 227 Å². The Morgan fingerprint density at radius 2 is 1.16 bits per heavy atom. The third kappa shape index (κ3) is 2.66. The van der Waals surface area contributed by atoms with Gasteiger partial charge >= 0.3 is 0 Å². The minimum absolute atomic E-state index is 0.0357. The highest BCUT2D eigenvalue weighted by atomic mass is 32.1. The molecular weight excluding hydrogens is 478 g/mol. The van der Waals surface area contributed by atoms with Crippen LogP contribution >= 0.6 is 11.3 Å². The smallest absolute Gasteiger partial charge is 0.0541 e. The maximum Gasteiger partial charge on any atom is 0.0541 e. The van der Waals surface area contributed by atoms with E-state index in [2.05, 4.69) is 135 Å². The number of hydrogen-bond donors (Lipinski definition) is 0. The van der Waals surface area contributed by atoms with Gasteiger partial charge in [-0.2, -0.15) is 0 Å². The number of hydrogen-bond acceptors (Lipinski definition) is 1. The van der Waals surface area contributed by atoms with Crippen molar-refractivity contribution in [2.24, 2.45) is 0 Å². The van der Waals surface area contributed by atoms with Crippen molar-refractivity contribution in [3.8, 4) is 16.8 Å². The lowest BCUT2D eigenvalue weighted by molar-refractivity contribution is 0.299. The Hall–Kier alpha value is -3.88. The summed E-state index contributed by atoms with van der Waals surface area (Å²) < 4.78 is 5.18. The molecule has 0 fully saturated rings. The molecule has 5 aromatic carbocycles. The number of rotatable bonds is 1. The van der Waals surface area contributed by atoms with Crippen LogP contribution in [0.2, 0.25) is 0 Å². The molecule has 38 heavy (non-hydrogen) atoms. The summed E-state index contributed by atoms with van der Waals surface area (Å²) in [4.78, 5) is 0. The Morgan fingerprint density at radius 3 is 1.87 bits per heavy atom. The van der Waals surface area contributed by atoms with Crippen molar-refractivity contribution >= 4 is 53.3 Å². The third-order valence-corrected chi connectivity index (χ3v) is 10.7. The van der Waals surface area contributed by atoms with E-state index in [0.29, 0.717) is 0 Å². The maximum absolute atomic E-state index is 2.48. The van der Waals surface area contributed by atoms with Gasteiger partial charge in [0.15, 0.2) is 0 Å². The maximum atomic E-state index is 2.48. The molecule has 2 heterocycles. The van der Waals surface area contributed by atoms with E-state index in [1.54, 1.807) is 0 Å². The zero-order valence-electron chi connectivity index (χ0n) is 22.2. The van der Waals surface area contributed by atoms with E-state index in [9.17, 15) is 0 Å². The van der Waals surface area contributed by atoms with E-state index >= 15 is 0 Å². The van der Waals surface area contributed by atoms with E-state index in [1.807, 2.05) is 11.3 Å². The van der Waals surface area contributed by atoms with Crippen molar-refractivity contribution in [1.82, 2.24) is 4.57 Å². The number of thiophene rings is 1. The molecule has 0 spiro atoms. The first-order chi connectivity index (χ1) is 18.4. The van der Waals surface area contributed by atoms with Crippen molar-refractivity contribution in [1.29, 1.82) is 0 Å². The van der Waals surface area contributed by atoms with Crippen molar-refractivity contribution in [3.63, 3.8) is 0 Å². The fourth-order valence-electron chi connectivity index (χ4n) is 6.90. The van der Waals surface area contributed by atoms with Crippen LogP contribution in [0.1, 0.15) is 38.8 Å². The van der Waals surface area contributed by atoms with Crippen LogP contribution in [0.4, 0.5) is 0 Å². The number of benzene rings is 5. The Bertz CT molecular complexity index is 2030. The van der Waals surface area contributed by atoms with E-state index in [0.717, 1.165) is 0 Å². The number of aromatic nitrogens is 1. The van der Waals surface area contributed by atoms with Gasteiger partial charge in [-0.3, -0.25) is 0 Å². The molecule has 1 nitrogen and oxygen atoms in total. The quantitative estimate of drug-likeness (QED) is 0.208. The van der Waals surface area contributed by atoms with E-state index in [-0.39, 0.29) is 10.8 Å². The summed E-state index contributed by atoms with van der Waals surface area (Å²) in [5, 5.41) is 5.39. The monoisotopic (exact) mass is 507 g/mol. The summed E-state index contributed by atoms with van der Waals surface area (Å²) in [6, 6.07) is 38.4. The van der Waals surface area contributed by atoms with Gasteiger partial charge in [0.2, 0.25) is 0 Å². The Morgan fingerprint density at radius 1 is 0.553 bits per heavy atom. The molecule has 0 saturated heterocycles. The Kier molecular flexibility index (Phi) is 4.29. The molecule has 0 saturated carbocycles. The molecule has 2 heteroatoms. The fourth-order valence-corrected chi connectivity index (χ4v) is 8.01. The van der Waals surface area contributed by atoms with Crippen LogP contribution in [0.5, 0.6) is 0 Å². The summed E-state index contributed by atoms with van der Waals surface area (Å²) in [5.74, 6) is 0. The first kappa shape index (κ1) is 22.1. The highest BCUT2D eigenvalue weighted by molar-refractivity contribution is 7.25. The average molecular weight is 508 g/mol. The van der Waals surface area contributed by atoms with Gasteiger partial charge in [-0.25, -0.2) is 0 Å². The van der Waals surface area contributed by atoms with Crippen LogP contribution in [-0.4, -0.2) is 4.57 Å². The summed E-state index contributed by atoms with van der Waals surface area (Å²) >= 11 is 1.91. The molecule has 0 radical (unpaired) electrons. The van der Waals surface area contributed by atoms with Gasteiger partial charge in [0.1, 0.15) is 0 Å². The minimum atomic E-state index is -0.0520. The zero-order valence-corrected chi connectivity index (χ0v) is 23.0. The summed E-state index contributed by atoms with van der Waals surface area (Å²) in [6.45, 7) is 9.73. The molecule has 184 valence electrons. The lowest BCUT2D eigenvalue weighted by Gasteiger charge is -2.48. The molecule has 1 aliphatic carbocycles. The van der Waals surface area contributed by atoms with E-state index < -0.39 is 0 Å². The molecule has 2 aromatic heterocycles. The first-order valence-electron chi connectivity index (χ1n) is 13.5. The normalized spacial score (nSPS) is 15.8.